The van der Waals surface area contributed by atoms with Crippen LogP contribution < -0.4 is 0 Å². The van der Waals surface area contributed by atoms with Gasteiger partial charge in [0.25, 0.3) is 0 Å². The molecule has 0 aliphatic carbocycles. The summed E-state index contributed by atoms with van der Waals surface area (Å²) in [5, 5.41) is 7.98. The molecule has 0 amide bonds. The van der Waals surface area contributed by atoms with Crippen molar-refractivity contribution in [3.8, 4) is 0 Å². The van der Waals surface area contributed by atoms with Gasteiger partial charge in [-0.1, -0.05) is 0 Å². The van der Waals surface area contributed by atoms with Gasteiger partial charge in [-0.3, -0.25) is 0 Å². The zero-order valence-electron chi connectivity index (χ0n) is 3.36. The van der Waals surface area contributed by atoms with Gasteiger partial charge in [0.05, 0.1) is 0 Å². The second-order valence-electron chi connectivity index (χ2n) is 0.680. The summed E-state index contributed by atoms with van der Waals surface area (Å²) in [5.74, 6) is 0. The van der Waals surface area contributed by atoms with E-state index in [1.165, 1.54) is 0 Å². The Morgan fingerprint density at radius 1 is 2.00 bits per heavy atom. The Morgan fingerprint density at radius 3 is 2.50 bits per heavy atom. The molecule has 5 heteroatoms. The third-order valence-corrected chi connectivity index (χ3v) is 3.62. The monoisotopic (exact) mass is 166 g/mol. The molecule has 0 aromatic rings. The Morgan fingerprint density at radius 2 is 2.50 bits per heavy atom. The third-order valence-electron chi connectivity index (χ3n) is 0.232. The van der Waals surface area contributed by atoms with E-state index in [-0.39, 0.29) is 0 Å². The van der Waals surface area contributed by atoms with E-state index < -0.39 is 20.1 Å². The molecule has 0 aliphatic heterocycles. The summed E-state index contributed by atoms with van der Waals surface area (Å²) in [7, 11) is 2.59. The summed E-state index contributed by atoms with van der Waals surface area (Å²) < 4.78 is -0.573. The fourth-order valence-electron chi connectivity index (χ4n) is 0.107. The Bertz CT molecular complexity index is 57.5. The first-order chi connectivity index (χ1) is 2.77. The molecule has 6 heavy (non-hydrogen) atoms. The van der Waals surface area contributed by atoms with Gasteiger partial charge in [-0.15, -0.1) is 0 Å². The zero-order valence-corrected chi connectivity index (χ0v) is 6.45. The molecule has 0 aromatic heterocycles. The van der Waals surface area contributed by atoms with Crippen LogP contribution >= 0.6 is 7.02 Å². The summed E-state index contributed by atoms with van der Waals surface area (Å²) >= 11 is -0.597. The van der Waals surface area contributed by atoms with Crippen LogP contribution in [-0.2, 0) is 0 Å². The molecule has 0 saturated carbocycles. The average molecular weight is 166 g/mol. The Labute approximate surface area is 45.1 Å². The van der Waals surface area contributed by atoms with E-state index in [0.717, 1.165) is 0 Å². The van der Waals surface area contributed by atoms with Crippen LogP contribution in [0.25, 0.3) is 0 Å². The molecule has 34 valence electrons. The van der Waals surface area contributed by atoms with Crippen molar-refractivity contribution < 1.29 is 9.90 Å². The Kier molecular flexibility index (Phi) is 4.03. The van der Waals surface area contributed by atoms with Gasteiger partial charge in [0.1, 0.15) is 0 Å². The van der Waals surface area contributed by atoms with Crippen molar-refractivity contribution in [2.45, 2.75) is 0 Å². The Balaban J connectivity index is 2.83. The predicted octanol–water partition coefficient (Wildman–Crippen LogP) is -0.758. The normalized spacial score (nSPS) is 12.0. The van der Waals surface area contributed by atoms with Gasteiger partial charge in [-0.05, 0) is 0 Å². The van der Waals surface area contributed by atoms with Gasteiger partial charge >= 0.3 is 44.5 Å². The molecule has 0 aromatic carbocycles. The average Bonchev–Trinajstić information content (AvgIpc) is 1.35. The molecular formula is CH5AsBO2P. The van der Waals surface area contributed by atoms with E-state index in [9.17, 15) is 4.79 Å². The molecule has 1 N–H and O–H groups in total. The molecule has 2 unspecified atom stereocenters. The molecular weight excluding hydrogens is 161 g/mol. The van der Waals surface area contributed by atoms with Crippen molar-refractivity contribution in [1.82, 2.24) is 0 Å². The number of carbonyl (C=O) groups is 1. The second-order valence-corrected chi connectivity index (χ2v) is 7.05. The van der Waals surface area contributed by atoms with E-state index in [1.54, 1.807) is 0 Å². The van der Waals surface area contributed by atoms with Crippen molar-refractivity contribution in [1.29, 1.82) is 0 Å². The first-order valence-electron chi connectivity index (χ1n) is 1.43. The summed E-state index contributed by atoms with van der Waals surface area (Å²) in [6.45, 7) is 0. The van der Waals surface area contributed by atoms with Crippen LogP contribution in [0.2, 0.25) is 0 Å². The number of hydrogen-bond acceptors (Lipinski definition) is 1. The van der Waals surface area contributed by atoms with E-state index in [0.29, 0.717) is 7.02 Å². The standard InChI is InChI=1S/CH5AsBO2P/c3-6-2-1(4)5/h2,6H,3H2,(H,4,5). The van der Waals surface area contributed by atoms with Gasteiger partial charge in [-0.25, -0.2) is 0 Å². The van der Waals surface area contributed by atoms with Crippen LogP contribution in [-0.4, -0.2) is 32.7 Å². The molecule has 0 aliphatic rings. The number of carboxylic acid groups (broad SMARTS) is 1. The van der Waals surface area contributed by atoms with Crippen molar-refractivity contribution in [2.24, 2.45) is 0 Å². The quantitative estimate of drug-likeness (QED) is 0.432. The SMILES string of the molecule is BP[AsH]C(=O)O. The van der Waals surface area contributed by atoms with Crippen LogP contribution in [0.15, 0.2) is 0 Å². The van der Waals surface area contributed by atoms with Crippen LogP contribution in [0.4, 0.5) is 4.79 Å². The van der Waals surface area contributed by atoms with Crippen molar-refractivity contribution in [2.75, 3.05) is 0 Å². The number of hydrogen-bond donors (Lipinski definition) is 1. The molecule has 0 saturated heterocycles. The summed E-state index contributed by atoms with van der Waals surface area (Å²) in [6.07, 6.45) is 0. The molecule has 0 rings (SSSR count). The zero-order chi connectivity index (χ0) is 4.99. The summed E-state index contributed by atoms with van der Waals surface area (Å²) in [5.41, 5.74) is 0. The van der Waals surface area contributed by atoms with Gasteiger partial charge < -0.3 is 0 Å². The van der Waals surface area contributed by atoms with Gasteiger partial charge in [0.2, 0.25) is 0 Å². The molecule has 0 fully saturated rings. The van der Waals surface area contributed by atoms with E-state index in [2.05, 4.69) is 0 Å². The fraction of sp³-hybridized carbons (Fsp3) is 0. The van der Waals surface area contributed by atoms with Gasteiger partial charge in [0.15, 0.2) is 0 Å². The molecule has 2 atom stereocenters. The molecule has 0 spiro atoms. The van der Waals surface area contributed by atoms with Gasteiger partial charge in [0, 0.05) is 0 Å². The second kappa shape index (κ2) is 3.70. The summed E-state index contributed by atoms with van der Waals surface area (Å²) in [4.78, 5) is 9.66. The maximum atomic E-state index is 9.66. The Hall–Kier alpha value is 0.523. The topological polar surface area (TPSA) is 37.3 Å². The molecule has 0 radical (unpaired) electrons. The van der Waals surface area contributed by atoms with Crippen LogP contribution in [0, 0.1) is 0 Å². The van der Waals surface area contributed by atoms with Crippen LogP contribution in [0.3, 0.4) is 0 Å². The van der Waals surface area contributed by atoms with Gasteiger partial charge in [-0.2, -0.15) is 0 Å². The van der Waals surface area contributed by atoms with Crippen molar-refractivity contribution in [3.05, 3.63) is 0 Å². The van der Waals surface area contributed by atoms with Crippen LogP contribution in [0.1, 0.15) is 0 Å². The van der Waals surface area contributed by atoms with Crippen molar-refractivity contribution in [3.63, 3.8) is 0 Å². The van der Waals surface area contributed by atoms with E-state index >= 15 is 0 Å². The first-order valence-corrected chi connectivity index (χ1v) is 7.12. The molecule has 2 nitrogen and oxygen atoms in total. The van der Waals surface area contributed by atoms with E-state index in [1.807, 2.05) is 7.57 Å². The van der Waals surface area contributed by atoms with E-state index in [4.69, 9.17) is 5.11 Å². The van der Waals surface area contributed by atoms with Crippen molar-refractivity contribution >= 4 is 34.6 Å². The summed E-state index contributed by atoms with van der Waals surface area (Å²) in [6, 6.07) is 0. The number of rotatable bonds is 2. The minimum absolute atomic E-state index is 0.573. The third kappa shape index (κ3) is 4.52. The first kappa shape index (κ1) is 6.52. The molecule has 0 heterocycles. The predicted molar refractivity (Wildman–Crippen MR) is 32.0 cm³/mol. The molecule has 0 bridgehead atoms. The maximum absolute atomic E-state index is 9.66. The van der Waals surface area contributed by atoms with Crippen LogP contribution in [0.5, 0.6) is 0 Å². The fourth-order valence-corrected chi connectivity index (χ4v) is 1.67. The minimum atomic E-state index is -0.597.